The van der Waals surface area contributed by atoms with Crippen molar-refractivity contribution in [3.63, 3.8) is 0 Å². The molecule has 0 radical (unpaired) electrons. The van der Waals surface area contributed by atoms with E-state index in [2.05, 4.69) is 47.2 Å². The van der Waals surface area contributed by atoms with E-state index in [4.69, 9.17) is 0 Å². The summed E-state index contributed by atoms with van der Waals surface area (Å²) in [7, 11) is 0. The Bertz CT molecular complexity index is 458. The molecule has 1 saturated heterocycles. The van der Waals surface area contributed by atoms with Crippen LogP contribution in [0.3, 0.4) is 0 Å². The first-order valence-electron chi connectivity index (χ1n) is 6.81. The van der Waals surface area contributed by atoms with Gasteiger partial charge in [0.2, 0.25) is 5.91 Å². The van der Waals surface area contributed by atoms with E-state index >= 15 is 0 Å². The smallest absolute Gasteiger partial charge is 0.244 e. The van der Waals surface area contributed by atoms with E-state index in [-0.39, 0.29) is 11.9 Å². The van der Waals surface area contributed by atoms with Crippen molar-refractivity contribution in [1.29, 1.82) is 0 Å². The molecule has 4 heteroatoms. The lowest BCUT2D eigenvalue weighted by Crippen LogP contribution is -2.39. The highest BCUT2D eigenvalue weighted by Gasteiger charge is 2.23. The molecule has 1 aliphatic heterocycles. The molecular formula is C15H21BrN2O. The number of rotatable bonds is 3. The fourth-order valence-corrected chi connectivity index (χ4v) is 3.38. The number of benzene rings is 1. The lowest BCUT2D eigenvalue weighted by atomic mass is 10.1. The van der Waals surface area contributed by atoms with Crippen LogP contribution in [-0.2, 0) is 4.79 Å². The van der Waals surface area contributed by atoms with Gasteiger partial charge in [-0.3, -0.25) is 4.79 Å². The maximum absolute atomic E-state index is 12.3. The number of nitrogens with zero attached hydrogens (tertiary/aromatic N) is 1. The van der Waals surface area contributed by atoms with Crippen LogP contribution in [0.2, 0.25) is 0 Å². The molecular weight excluding hydrogens is 304 g/mol. The standard InChI is InChI=1S/C15H21BrN2O/c1-10-8-11(2)14(13(16)9-10)17-12(3)15(19)18-6-4-5-7-18/h8-9,12,17H,4-7H2,1-3H3. The molecule has 1 aliphatic rings. The quantitative estimate of drug-likeness (QED) is 0.923. The van der Waals surface area contributed by atoms with Gasteiger partial charge in [-0.1, -0.05) is 6.07 Å². The van der Waals surface area contributed by atoms with Crippen LogP contribution in [0.5, 0.6) is 0 Å². The van der Waals surface area contributed by atoms with Gasteiger partial charge in [0.25, 0.3) is 0 Å². The van der Waals surface area contributed by atoms with Crippen molar-refractivity contribution < 1.29 is 4.79 Å². The van der Waals surface area contributed by atoms with E-state index in [0.29, 0.717) is 0 Å². The van der Waals surface area contributed by atoms with Crippen molar-refractivity contribution in [3.8, 4) is 0 Å². The summed E-state index contributed by atoms with van der Waals surface area (Å²) in [5, 5.41) is 3.34. The number of hydrogen-bond donors (Lipinski definition) is 1. The minimum absolute atomic E-state index is 0.184. The molecule has 1 aromatic carbocycles. The molecule has 0 bridgehead atoms. The number of likely N-dealkylation sites (tertiary alicyclic amines) is 1. The van der Waals surface area contributed by atoms with Crippen LogP contribution in [0, 0.1) is 13.8 Å². The number of amides is 1. The Balaban J connectivity index is 2.10. The van der Waals surface area contributed by atoms with Gasteiger partial charge in [0.05, 0.1) is 5.69 Å². The number of carbonyl (C=O) groups excluding carboxylic acids is 1. The van der Waals surface area contributed by atoms with Crippen LogP contribution in [-0.4, -0.2) is 29.9 Å². The van der Waals surface area contributed by atoms with Gasteiger partial charge >= 0.3 is 0 Å². The van der Waals surface area contributed by atoms with Gasteiger partial charge in [-0.25, -0.2) is 0 Å². The Kier molecular flexibility index (Phi) is 4.50. The first kappa shape index (κ1) is 14.4. The summed E-state index contributed by atoms with van der Waals surface area (Å²) < 4.78 is 1.02. The van der Waals surface area contributed by atoms with Crippen LogP contribution in [0.1, 0.15) is 30.9 Å². The first-order valence-corrected chi connectivity index (χ1v) is 7.60. The molecule has 0 spiro atoms. The predicted octanol–water partition coefficient (Wildman–Crippen LogP) is 3.49. The Morgan fingerprint density at radius 2 is 1.95 bits per heavy atom. The second kappa shape index (κ2) is 5.95. The summed E-state index contributed by atoms with van der Waals surface area (Å²) in [4.78, 5) is 14.2. The second-order valence-electron chi connectivity index (χ2n) is 5.34. The molecule has 1 atom stereocenters. The molecule has 1 heterocycles. The van der Waals surface area contributed by atoms with Crippen LogP contribution >= 0.6 is 15.9 Å². The molecule has 1 fully saturated rings. The fourth-order valence-electron chi connectivity index (χ4n) is 2.59. The summed E-state index contributed by atoms with van der Waals surface area (Å²) in [6.07, 6.45) is 2.26. The molecule has 1 N–H and O–H groups in total. The maximum Gasteiger partial charge on any atom is 0.244 e. The van der Waals surface area contributed by atoms with E-state index in [9.17, 15) is 4.79 Å². The predicted molar refractivity (Wildman–Crippen MR) is 82.5 cm³/mol. The van der Waals surface area contributed by atoms with Crippen LogP contribution in [0.25, 0.3) is 0 Å². The third-order valence-corrected chi connectivity index (χ3v) is 4.21. The highest BCUT2D eigenvalue weighted by Crippen LogP contribution is 2.28. The van der Waals surface area contributed by atoms with Gasteiger partial charge in [-0.15, -0.1) is 0 Å². The Morgan fingerprint density at radius 1 is 1.32 bits per heavy atom. The molecule has 104 valence electrons. The van der Waals surface area contributed by atoms with Gasteiger partial charge in [0.15, 0.2) is 0 Å². The van der Waals surface area contributed by atoms with Crippen molar-refractivity contribution in [3.05, 3.63) is 27.7 Å². The van der Waals surface area contributed by atoms with Gasteiger partial charge in [-0.05, 0) is 66.7 Å². The van der Waals surface area contributed by atoms with Crippen molar-refractivity contribution in [2.24, 2.45) is 0 Å². The summed E-state index contributed by atoms with van der Waals surface area (Å²) in [6, 6.07) is 4.01. The highest BCUT2D eigenvalue weighted by atomic mass is 79.9. The minimum atomic E-state index is -0.184. The SMILES string of the molecule is Cc1cc(C)c(NC(C)C(=O)N2CCCC2)c(Br)c1. The fraction of sp³-hybridized carbons (Fsp3) is 0.533. The third kappa shape index (κ3) is 3.30. The summed E-state index contributed by atoms with van der Waals surface area (Å²) in [6.45, 7) is 7.87. The minimum Gasteiger partial charge on any atom is -0.373 e. The lowest BCUT2D eigenvalue weighted by molar-refractivity contribution is -0.130. The molecule has 0 aromatic heterocycles. The topological polar surface area (TPSA) is 32.3 Å². The van der Waals surface area contributed by atoms with Crippen molar-refractivity contribution in [2.75, 3.05) is 18.4 Å². The maximum atomic E-state index is 12.3. The Hall–Kier alpha value is -1.03. The molecule has 2 rings (SSSR count). The van der Waals surface area contributed by atoms with Gasteiger partial charge in [0.1, 0.15) is 6.04 Å². The van der Waals surface area contributed by atoms with Crippen molar-refractivity contribution in [2.45, 2.75) is 39.7 Å². The molecule has 3 nitrogen and oxygen atoms in total. The Morgan fingerprint density at radius 3 is 2.53 bits per heavy atom. The zero-order valence-corrected chi connectivity index (χ0v) is 13.4. The average molecular weight is 325 g/mol. The van der Waals surface area contributed by atoms with Crippen molar-refractivity contribution >= 4 is 27.5 Å². The summed E-state index contributed by atoms with van der Waals surface area (Å²) in [5.74, 6) is 0.198. The average Bonchev–Trinajstić information content (AvgIpc) is 2.86. The zero-order chi connectivity index (χ0) is 14.0. The Labute approximate surface area is 123 Å². The number of halogens is 1. The van der Waals surface area contributed by atoms with E-state index in [1.807, 2.05) is 11.8 Å². The third-order valence-electron chi connectivity index (χ3n) is 3.58. The first-order chi connectivity index (χ1) is 8.99. The van der Waals surface area contributed by atoms with E-state index in [1.165, 1.54) is 5.56 Å². The molecule has 0 saturated carbocycles. The largest absolute Gasteiger partial charge is 0.373 e. The number of carbonyl (C=O) groups is 1. The van der Waals surface area contributed by atoms with E-state index in [0.717, 1.165) is 41.7 Å². The van der Waals surface area contributed by atoms with E-state index < -0.39 is 0 Å². The number of aryl methyl sites for hydroxylation is 2. The highest BCUT2D eigenvalue weighted by molar-refractivity contribution is 9.10. The summed E-state index contributed by atoms with van der Waals surface area (Å²) >= 11 is 3.57. The molecule has 0 aliphatic carbocycles. The monoisotopic (exact) mass is 324 g/mol. The van der Waals surface area contributed by atoms with Gasteiger partial charge < -0.3 is 10.2 Å². The number of anilines is 1. The summed E-state index contributed by atoms with van der Waals surface area (Å²) in [5.41, 5.74) is 3.40. The lowest BCUT2D eigenvalue weighted by Gasteiger charge is -2.23. The second-order valence-corrected chi connectivity index (χ2v) is 6.19. The zero-order valence-electron chi connectivity index (χ0n) is 11.8. The van der Waals surface area contributed by atoms with Gasteiger partial charge in [0, 0.05) is 17.6 Å². The normalized spacial score (nSPS) is 16.5. The van der Waals surface area contributed by atoms with Crippen LogP contribution in [0.4, 0.5) is 5.69 Å². The molecule has 1 aromatic rings. The van der Waals surface area contributed by atoms with E-state index in [1.54, 1.807) is 0 Å². The number of hydrogen-bond acceptors (Lipinski definition) is 2. The molecule has 1 amide bonds. The van der Waals surface area contributed by atoms with Crippen LogP contribution < -0.4 is 5.32 Å². The number of nitrogens with one attached hydrogen (secondary N) is 1. The van der Waals surface area contributed by atoms with Crippen molar-refractivity contribution in [1.82, 2.24) is 4.90 Å². The molecule has 1 unspecified atom stereocenters. The molecule has 19 heavy (non-hydrogen) atoms. The van der Waals surface area contributed by atoms with Gasteiger partial charge in [-0.2, -0.15) is 0 Å². The van der Waals surface area contributed by atoms with Crippen LogP contribution in [0.15, 0.2) is 16.6 Å².